The standard InChI is InChI=1S/C22H20N2O5.C2H6/c1-5-6-7-17-12(3)11(2)15-9-24-18(19(15)23-17)8-14-16(21(24)26)10-28-22(27)20(14)29-13(4)25;1-2/h5-8,20H,1,9-10H2,2-4H3;1-2H3/b7-6-;. The van der Waals surface area contributed by atoms with Crippen LogP contribution in [0.4, 0.5) is 0 Å². The van der Waals surface area contributed by atoms with E-state index < -0.39 is 18.0 Å². The summed E-state index contributed by atoms with van der Waals surface area (Å²) in [6.07, 6.45) is 4.11. The predicted molar refractivity (Wildman–Crippen MR) is 117 cm³/mol. The average Bonchev–Trinajstić information content (AvgIpc) is 3.12. The third-order valence-corrected chi connectivity index (χ3v) is 5.44. The summed E-state index contributed by atoms with van der Waals surface area (Å²) in [6.45, 7) is 13.2. The fraction of sp³-hybridized carbons (Fsp3) is 0.333. The van der Waals surface area contributed by atoms with Crippen LogP contribution >= 0.6 is 0 Å². The Balaban J connectivity index is 0.00000132. The Labute approximate surface area is 181 Å². The van der Waals surface area contributed by atoms with Gasteiger partial charge >= 0.3 is 11.9 Å². The largest absolute Gasteiger partial charge is 0.458 e. The van der Waals surface area contributed by atoms with Crippen LogP contribution in [-0.2, 0) is 32.2 Å². The van der Waals surface area contributed by atoms with Crippen LogP contribution in [0.1, 0.15) is 60.4 Å². The molecule has 2 aliphatic heterocycles. The minimum absolute atomic E-state index is 0.139. The topological polar surface area (TPSA) is 87.5 Å². The first-order valence-electron chi connectivity index (χ1n) is 10.2. The Kier molecular flexibility index (Phi) is 6.24. The maximum absolute atomic E-state index is 13.1. The van der Waals surface area contributed by atoms with E-state index in [0.717, 1.165) is 22.4 Å². The lowest BCUT2D eigenvalue weighted by Crippen LogP contribution is -2.34. The maximum atomic E-state index is 13.1. The van der Waals surface area contributed by atoms with Crippen LogP contribution in [0.5, 0.6) is 0 Å². The Morgan fingerprint density at radius 1 is 1.26 bits per heavy atom. The normalized spacial score (nSPS) is 15.9. The monoisotopic (exact) mass is 422 g/mol. The van der Waals surface area contributed by atoms with Gasteiger partial charge in [0, 0.05) is 18.1 Å². The SMILES string of the molecule is C=C/C=C\c1nc2c(c(C)c1C)Cn1c-2cc2c(c1=O)COC(=O)C2OC(C)=O.CC. The summed E-state index contributed by atoms with van der Waals surface area (Å²) in [5.74, 6) is -1.31. The first-order chi connectivity index (χ1) is 14.8. The molecule has 1 atom stereocenters. The second-order valence-electron chi connectivity index (χ2n) is 7.12. The van der Waals surface area contributed by atoms with Crippen molar-refractivity contribution in [3.8, 4) is 11.4 Å². The van der Waals surface area contributed by atoms with Crippen LogP contribution < -0.4 is 5.56 Å². The molecule has 7 nitrogen and oxygen atoms in total. The van der Waals surface area contributed by atoms with Crippen molar-refractivity contribution in [1.29, 1.82) is 0 Å². The van der Waals surface area contributed by atoms with Crippen LogP contribution in [0.15, 0.2) is 29.6 Å². The Morgan fingerprint density at radius 2 is 1.97 bits per heavy atom. The van der Waals surface area contributed by atoms with E-state index in [2.05, 4.69) is 6.58 Å². The molecule has 162 valence electrons. The highest BCUT2D eigenvalue weighted by Gasteiger charge is 2.37. The number of ether oxygens (including phenoxy) is 2. The number of hydrogen-bond donors (Lipinski definition) is 0. The number of hydrogen-bond acceptors (Lipinski definition) is 6. The second kappa shape index (κ2) is 8.71. The van der Waals surface area contributed by atoms with Gasteiger partial charge in [-0.1, -0.05) is 32.6 Å². The van der Waals surface area contributed by atoms with Gasteiger partial charge in [-0.05, 0) is 37.1 Å². The number of fused-ring (bicyclic) bond motifs is 4. The number of rotatable bonds is 3. The van der Waals surface area contributed by atoms with Gasteiger partial charge in [0.1, 0.15) is 6.61 Å². The molecule has 0 N–H and O–H groups in total. The fourth-order valence-electron chi connectivity index (χ4n) is 3.82. The smallest absolute Gasteiger partial charge is 0.352 e. The molecule has 31 heavy (non-hydrogen) atoms. The van der Waals surface area contributed by atoms with Gasteiger partial charge < -0.3 is 14.0 Å². The van der Waals surface area contributed by atoms with Gasteiger partial charge in [-0.25, -0.2) is 9.78 Å². The van der Waals surface area contributed by atoms with Gasteiger partial charge in [0.2, 0.25) is 6.10 Å². The molecule has 0 aromatic carbocycles. The molecule has 2 aromatic rings. The number of carbonyl (C=O) groups is 2. The van der Waals surface area contributed by atoms with Crippen molar-refractivity contribution in [2.24, 2.45) is 0 Å². The third kappa shape index (κ3) is 3.71. The minimum Gasteiger partial charge on any atom is -0.458 e. The van der Waals surface area contributed by atoms with E-state index in [-0.39, 0.29) is 12.2 Å². The molecule has 0 amide bonds. The van der Waals surface area contributed by atoms with Crippen molar-refractivity contribution >= 4 is 18.0 Å². The Morgan fingerprint density at radius 3 is 2.61 bits per heavy atom. The lowest BCUT2D eigenvalue weighted by atomic mass is 9.98. The zero-order valence-electron chi connectivity index (χ0n) is 18.4. The van der Waals surface area contributed by atoms with Gasteiger partial charge in [-0.3, -0.25) is 9.59 Å². The fourth-order valence-corrected chi connectivity index (χ4v) is 3.82. The molecule has 0 saturated heterocycles. The number of carbonyl (C=O) groups excluding carboxylic acids is 2. The molecule has 0 aliphatic carbocycles. The number of aromatic nitrogens is 2. The number of cyclic esters (lactones) is 1. The highest BCUT2D eigenvalue weighted by atomic mass is 16.6. The molecule has 0 radical (unpaired) electrons. The van der Waals surface area contributed by atoms with E-state index in [9.17, 15) is 14.4 Å². The maximum Gasteiger partial charge on any atom is 0.352 e. The Hall–Kier alpha value is -3.48. The molecule has 0 spiro atoms. The summed E-state index contributed by atoms with van der Waals surface area (Å²) in [7, 11) is 0. The first kappa shape index (κ1) is 22.2. The van der Waals surface area contributed by atoms with Crippen LogP contribution in [0.3, 0.4) is 0 Å². The van der Waals surface area contributed by atoms with Crippen molar-refractivity contribution in [2.75, 3.05) is 0 Å². The van der Waals surface area contributed by atoms with E-state index >= 15 is 0 Å². The van der Waals surface area contributed by atoms with Crippen molar-refractivity contribution in [3.63, 3.8) is 0 Å². The number of nitrogens with zero attached hydrogens (tertiary/aromatic N) is 2. The highest BCUT2D eigenvalue weighted by Crippen LogP contribution is 2.37. The summed E-state index contributed by atoms with van der Waals surface area (Å²) >= 11 is 0. The molecule has 0 bridgehead atoms. The molecule has 2 aromatic heterocycles. The summed E-state index contributed by atoms with van der Waals surface area (Å²) in [5.41, 5.74) is 5.57. The molecular weight excluding hydrogens is 396 g/mol. The van der Waals surface area contributed by atoms with Crippen LogP contribution in [-0.4, -0.2) is 21.5 Å². The first-order valence-corrected chi connectivity index (χ1v) is 10.2. The molecule has 4 rings (SSSR count). The highest BCUT2D eigenvalue weighted by molar-refractivity contribution is 5.83. The van der Waals surface area contributed by atoms with E-state index in [0.29, 0.717) is 29.1 Å². The zero-order chi connectivity index (χ0) is 22.9. The quantitative estimate of drug-likeness (QED) is 0.472. The summed E-state index contributed by atoms with van der Waals surface area (Å²) in [6, 6.07) is 1.72. The molecule has 4 heterocycles. The van der Waals surface area contributed by atoms with E-state index in [4.69, 9.17) is 14.5 Å². The van der Waals surface area contributed by atoms with Crippen LogP contribution in [0, 0.1) is 13.8 Å². The summed E-state index contributed by atoms with van der Waals surface area (Å²) in [4.78, 5) is 41.6. The van der Waals surface area contributed by atoms with Gasteiger partial charge in [0.15, 0.2) is 0 Å². The average molecular weight is 422 g/mol. The molecule has 0 fully saturated rings. The van der Waals surface area contributed by atoms with Crippen LogP contribution in [0.25, 0.3) is 17.5 Å². The molecule has 2 aliphatic rings. The second-order valence-corrected chi connectivity index (χ2v) is 7.12. The van der Waals surface area contributed by atoms with Crippen molar-refractivity contribution in [2.45, 2.75) is 53.9 Å². The minimum atomic E-state index is -1.24. The molecular formula is C24H26N2O5. The Bertz CT molecular complexity index is 1170. The van der Waals surface area contributed by atoms with Gasteiger partial charge in [-0.2, -0.15) is 0 Å². The number of allylic oxidation sites excluding steroid dienone is 2. The lowest BCUT2D eigenvalue weighted by molar-refractivity contribution is -0.170. The van der Waals surface area contributed by atoms with Crippen LogP contribution in [0.2, 0.25) is 0 Å². The van der Waals surface area contributed by atoms with Crippen molar-refractivity contribution < 1.29 is 19.1 Å². The van der Waals surface area contributed by atoms with Crippen molar-refractivity contribution in [3.05, 3.63) is 68.7 Å². The van der Waals surface area contributed by atoms with Crippen molar-refractivity contribution in [1.82, 2.24) is 9.55 Å². The molecule has 1 unspecified atom stereocenters. The summed E-state index contributed by atoms with van der Waals surface area (Å²) in [5, 5.41) is 0. The van der Waals surface area contributed by atoms with E-state index in [1.165, 1.54) is 6.92 Å². The number of pyridine rings is 2. The third-order valence-electron chi connectivity index (χ3n) is 5.44. The van der Waals surface area contributed by atoms with E-state index in [1.807, 2.05) is 39.8 Å². The number of esters is 2. The van der Waals surface area contributed by atoms with Gasteiger partial charge in [-0.15, -0.1) is 0 Å². The zero-order valence-corrected chi connectivity index (χ0v) is 18.4. The van der Waals surface area contributed by atoms with Gasteiger partial charge in [0.05, 0.1) is 29.2 Å². The van der Waals surface area contributed by atoms with E-state index in [1.54, 1.807) is 16.7 Å². The lowest BCUT2D eigenvalue weighted by Gasteiger charge is -2.24. The molecule has 0 saturated carbocycles. The molecule has 7 heteroatoms. The van der Waals surface area contributed by atoms with Gasteiger partial charge in [0.25, 0.3) is 5.56 Å². The predicted octanol–water partition coefficient (Wildman–Crippen LogP) is 3.78. The summed E-state index contributed by atoms with van der Waals surface area (Å²) < 4.78 is 11.9.